The Morgan fingerprint density at radius 1 is 1.25 bits per heavy atom. The van der Waals surface area contributed by atoms with E-state index < -0.39 is 0 Å². The highest BCUT2D eigenvalue weighted by molar-refractivity contribution is 7.98. The standard InChI is InChI=1S/C16H21NO2S/c1-20-13-4-2-12(3-5-13)15(18)17-14-6-7-16(14)8-10-19-11-9-16/h2-5,14H,6-11H2,1H3,(H,17,18). The average Bonchev–Trinajstić information content (AvgIpc) is 2.52. The first-order chi connectivity index (χ1) is 9.73. The van der Waals surface area contributed by atoms with E-state index in [2.05, 4.69) is 5.32 Å². The fourth-order valence-electron chi connectivity index (χ4n) is 3.28. The minimum atomic E-state index is 0.0632. The summed E-state index contributed by atoms with van der Waals surface area (Å²) >= 11 is 1.69. The number of hydrogen-bond acceptors (Lipinski definition) is 3. The molecule has 1 saturated carbocycles. The van der Waals surface area contributed by atoms with E-state index in [0.29, 0.717) is 11.5 Å². The van der Waals surface area contributed by atoms with Gasteiger partial charge in [-0.25, -0.2) is 0 Å². The molecule has 3 nitrogen and oxygen atoms in total. The maximum atomic E-state index is 12.3. The van der Waals surface area contributed by atoms with Gasteiger partial charge in [-0.15, -0.1) is 11.8 Å². The lowest BCUT2D eigenvalue weighted by molar-refractivity contribution is -0.0523. The van der Waals surface area contributed by atoms with Crippen LogP contribution in [0.5, 0.6) is 0 Å². The molecular weight excluding hydrogens is 270 g/mol. The van der Waals surface area contributed by atoms with Gasteiger partial charge in [0.2, 0.25) is 0 Å². The van der Waals surface area contributed by atoms with Gasteiger partial charge in [0.1, 0.15) is 0 Å². The average molecular weight is 291 g/mol. The number of carbonyl (C=O) groups excluding carboxylic acids is 1. The molecule has 1 unspecified atom stereocenters. The number of carbonyl (C=O) groups is 1. The Kier molecular flexibility index (Phi) is 4.03. The first-order valence-electron chi connectivity index (χ1n) is 7.26. The van der Waals surface area contributed by atoms with E-state index in [1.807, 2.05) is 30.5 Å². The highest BCUT2D eigenvalue weighted by Crippen LogP contribution is 2.48. The number of benzene rings is 1. The Balaban J connectivity index is 1.63. The first kappa shape index (κ1) is 14.0. The number of rotatable bonds is 3. The monoisotopic (exact) mass is 291 g/mol. The van der Waals surface area contributed by atoms with Crippen LogP contribution < -0.4 is 5.32 Å². The highest BCUT2D eigenvalue weighted by Gasteiger charge is 2.47. The molecular formula is C16H21NO2S. The van der Waals surface area contributed by atoms with Gasteiger partial charge in [0.05, 0.1) is 0 Å². The van der Waals surface area contributed by atoms with E-state index in [9.17, 15) is 4.79 Å². The molecule has 1 amide bonds. The summed E-state index contributed by atoms with van der Waals surface area (Å²) in [6.07, 6.45) is 6.55. The number of hydrogen-bond donors (Lipinski definition) is 1. The van der Waals surface area contributed by atoms with Crippen LogP contribution in [0.3, 0.4) is 0 Å². The van der Waals surface area contributed by atoms with E-state index in [-0.39, 0.29) is 5.91 Å². The first-order valence-corrected chi connectivity index (χ1v) is 8.49. The number of thioether (sulfide) groups is 1. The second-order valence-corrected chi connectivity index (χ2v) is 6.65. The summed E-state index contributed by atoms with van der Waals surface area (Å²) in [6, 6.07) is 8.17. The molecule has 2 fully saturated rings. The van der Waals surface area contributed by atoms with Crippen LogP contribution >= 0.6 is 11.8 Å². The number of amides is 1. The van der Waals surface area contributed by atoms with Crippen LogP contribution in [0.1, 0.15) is 36.0 Å². The van der Waals surface area contributed by atoms with Crippen molar-refractivity contribution in [3.8, 4) is 0 Å². The minimum Gasteiger partial charge on any atom is -0.381 e. The van der Waals surface area contributed by atoms with Gasteiger partial charge in [-0.2, -0.15) is 0 Å². The van der Waals surface area contributed by atoms with Crippen LogP contribution in [-0.2, 0) is 4.74 Å². The molecule has 0 aromatic heterocycles. The van der Waals surface area contributed by atoms with Crippen LogP contribution in [-0.4, -0.2) is 31.4 Å². The fourth-order valence-corrected chi connectivity index (χ4v) is 3.69. The molecule has 3 rings (SSSR count). The molecule has 2 aliphatic rings. The Hall–Kier alpha value is -1.00. The second kappa shape index (κ2) is 5.78. The van der Waals surface area contributed by atoms with Crippen molar-refractivity contribution in [1.82, 2.24) is 5.32 Å². The van der Waals surface area contributed by atoms with Crippen LogP contribution in [0.15, 0.2) is 29.2 Å². The number of nitrogens with one attached hydrogen (secondary N) is 1. The van der Waals surface area contributed by atoms with Crippen molar-refractivity contribution in [3.63, 3.8) is 0 Å². The zero-order valence-corrected chi connectivity index (χ0v) is 12.7. The predicted molar refractivity (Wildman–Crippen MR) is 81.2 cm³/mol. The zero-order chi connectivity index (χ0) is 14.0. The van der Waals surface area contributed by atoms with Crippen molar-refractivity contribution in [3.05, 3.63) is 29.8 Å². The van der Waals surface area contributed by atoms with Crippen molar-refractivity contribution >= 4 is 17.7 Å². The summed E-state index contributed by atoms with van der Waals surface area (Å²) in [4.78, 5) is 13.5. The molecule has 1 N–H and O–H groups in total. The molecule has 20 heavy (non-hydrogen) atoms. The van der Waals surface area contributed by atoms with Crippen LogP contribution in [0.2, 0.25) is 0 Å². The molecule has 1 saturated heterocycles. The third-order valence-corrected chi connectivity index (χ3v) is 5.56. The Labute approximate surface area is 124 Å². The molecule has 0 bridgehead atoms. The zero-order valence-electron chi connectivity index (χ0n) is 11.9. The predicted octanol–water partition coefficient (Wildman–Crippen LogP) is 3.10. The third-order valence-electron chi connectivity index (χ3n) is 4.82. The summed E-state index contributed by atoms with van der Waals surface area (Å²) < 4.78 is 5.45. The van der Waals surface area contributed by atoms with Crippen molar-refractivity contribution in [1.29, 1.82) is 0 Å². The van der Waals surface area contributed by atoms with Crippen molar-refractivity contribution in [2.75, 3.05) is 19.5 Å². The maximum Gasteiger partial charge on any atom is 0.251 e. The van der Waals surface area contributed by atoms with Crippen LogP contribution in [0.25, 0.3) is 0 Å². The minimum absolute atomic E-state index is 0.0632. The lowest BCUT2D eigenvalue weighted by atomic mass is 9.60. The van der Waals surface area contributed by atoms with E-state index in [0.717, 1.165) is 38.0 Å². The van der Waals surface area contributed by atoms with E-state index in [4.69, 9.17) is 4.74 Å². The molecule has 1 aromatic carbocycles. The lowest BCUT2D eigenvalue weighted by Gasteiger charge is -2.52. The van der Waals surface area contributed by atoms with Gasteiger partial charge in [-0.05, 0) is 61.6 Å². The summed E-state index contributed by atoms with van der Waals surface area (Å²) in [6.45, 7) is 1.68. The largest absolute Gasteiger partial charge is 0.381 e. The maximum absolute atomic E-state index is 12.3. The third kappa shape index (κ3) is 2.59. The SMILES string of the molecule is CSc1ccc(C(=O)NC2CCC23CCOCC3)cc1. The van der Waals surface area contributed by atoms with E-state index >= 15 is 0 Å². The summed E-state index contributed by atoms with van der Waals surface area (Å²) in [5.74, 6) is 0.0632. The molecule has 1 spiro atoms. The van der Waals surface area contributed by atoms with Gasteiger partial charge in [0.25, 0.3) is 5.91 Å². The van der Waals surface area contributed by atoms with Gasteiger partial charge < -0.3 is 10.1 Å². The summed E-state index contributed by atoms with van der Waals surface area (Å²) in [7, 11) is 0. The Morgan fingerprint density at radius 2 is 1.95 bits per heavy atom. The van der Waals surface area contributed by atoms with Gasteiger partial charge in [-0.1, -0.05) is 0 Å². The van der Waals surface area contributed by atoms with E-state index in [1.165, 1.54) is 11.3 Å². The molecule has 1 aromatic rings. The quantitative estimate of drug-likeness (QED) is 0.870. The molecule has 1 aliphatic heterocycles. The molecule has 1 aliphatic carbocycles. The summed E-state index contributed by atoms with van der Waals surface area (Å²) in [5.41, 5.74) is 1.07. The molecule has 0 radical (unpaired) electrons. The van der Waals surface area contributed by atoms with Gasteiger partial charge in [-0.3, -0.25) is 4.79 Å². The van der Waals surface area contributed by atoms with Crippen molar-refractivity contribution < 1.29 is 9.53 Å². The molecule has 1 heterocycles. The topological polar surface area (TPSA) is 38.3 Å². The van der Waals surface area contributed by atoms with Crippen molar-refractivity contribution in [2.24, 2.45) is 5.41 Å². The summed E-state index contributed by atoms with van der Waals surface area (Å²) in [5, 5.41) is 3.23. The lowest BCUT2D eigenvalue weighted by Crippen LogP contribution is -2.57. The normalized spacial score (nSPS) is 24.1. The fraction of sp³-hybridized carbons (Fsp3) is 0.562. The van der Waals surface area contributed by atoms with Crippen molar-refractivity contribution in [2.45, 2.75) is 36.6 Å². The second-order valence-electron chi connectivity index (χ2n) is 5.77. The van der Waals surface area contributed by atoms with Gasteiger partial charge in [0.15, 0.2) is 0 Å². The molecule has 4 heteroatoms. The Morgan fingerprint density at radius 3 is 2.50 bits per heavy atom. The van der Waals surface area contributed by atoms with Crippen LogP contribution in [0, 0.1) is 5.41 Å². The van der Waals surface area contributed by atoms with Gasteiger partial charge in [0, 0.05) is 29.7 Å². The highest BCUT2D eigenvalue weighted by atomic mass is 32.2. The Bertz CT molecular complexity index is 480. The number of ether oxygens (including phenoxy) is 1. The smallest absolute Gasteiger partial charge is 0.251 e. The molecule has 1 atom stereocenters. The van der Waals surface area contributed by atoms with E-state index in [1.54, 1.807) is 11.8 Å². The van der Waals surface area contributed by atoms with Crippen LogP contribution in [0.4, 0.5) is 0 Å². The van der Waals surface area contributed by atoms with Gasteiger partial charge >= 0.3 is 0 Å². The molecule has 108 valence electrons.